The highest BCUT2D eigenvalue weighted by Gasteiger charge is 2.56. The Kier molecular flexibility index (Phi) is 9.27. The van der Waals surface area contributed by atoms with Crippen LogP contribution in [0.25, 0.3) is 0 Å². The van der Waals surface area contributed by atoms with Crippen molar-refractivity contribution in [3.05, 3.63) is 23.8 Å². The zero-order valence-electron chi connectivity index (χ0n) is 23.3. The minimum absolute atomic E-state index is 0.00722. The second kappa shape index (κ2) is 12.4. The number of fused-ring (bicyclic) bond motifs is 1. The van der Waals surface area contributed by atoms with Crippen molar-refractivity contribution in [2.24, 2.45) is 22.2 Å². The molecule has 0 aromatic heterocycles. The molecule has 0 spiro atoms. The van der Waals surface area contributed by atoms with Crippen LogP contribution in [-0.4, -0.2) is 59.5 Å². The number of Topliss-reactive ketones (excluding diaryl/α,β-unsaturated/α-hetero) is 1. The van der Waals surface area contributed by atoms with E-state index >= 15 is 0 Å². The minimum Gasteiger partial charge on any atom is -0.382 e. The van der Waals surface area contributed by atoms with Gasteiger partial charge in [0.15, 0.2) is 5.71 Å². The topological polar surface area (TPSA) is 146 Å². The van der Waals surface area contributed by atoms with Crippen LogP contribution < -0.4 is 21.5 Å². The van der Waals surface area contributed by atoms with Gasteiger partial charge in [0.1, 0.15) is 5.78 Å². The van der Waals surface area contributed by atoms with Crippen molar-refractivity contribution in [2.45, 2.75) is 96.0 Å². The van der Waals surface area contributed by atoms with Gasteiger partial charge in [-0.15, -0.1) is 0 Å². The van der Waals surface area contributed by atoms with Gasteiger partial charge in [-0.3, -0.25) is 24.6 Å². The lowest BCUT2D eigenvalue weighted by Crippen LogP contribution is -2.49. The van der Waals surface area contributed by atoms with E-state index in [1.807, 2.05) is 13.8 Å². The van der Waals surface area contributed by atoms with E-state index in [9.17, 15) is 27.6 Å². The first-order chi connectivity index (χ1) is 19.3. The number of rotatable bonds is 10. The molecule has 5 N–H and O–H groups in total. The Morgan fingerprint density at radius 1 is 1.20 bits per heavy atom. The van der Waals surface area contributed by atoms with E-state index in [0.29, 0.717) is 37.2 Å². The Balaban J connectivity index is 1.45. The summed E-state index contributed by atoms with van der Waals surface area (Å²) >= 11 is 0. The third-order valence-corrected chi connectivity index (χ3v) is 8.10. The number of nitrogens with zero attached hydrogens (tertiary/aromatic N) is 2. The van der Waals surface area contributed by atoms with Crippen LogP contribution >= 0.6 is 0 Å². The van der Waals surface area contributed by atoms with Crippen molar-refractivity contribution in [1.82, 2.24) is 5.48 Å². The van der Waals surface area contributed by atoms with Gasteiger partial charge in [-0.05, 0) is 68.6 Å². The van der Waals surface area contributed by atoms with E-state index in [2.05, 4.69) is 10.4 Å². The number of carbonyl (C=O) groups is 3. The summed E-state index contributed by atoms with van der Waals surface area (Å²) in [5, 5.41) is 17.1. The van der Waals surface area contributed by atoms with Crippen molar-refractivity contribution in [3.63, 3.8) is 0 Å². The quantitative estimate of drug-likeness (QED) is 0.183. The molecule has 1 aromatic rings. The molecule has 3 aliphatic rings. The third-order valence-electron chi connectivity index (χ3n) is 8.10. The summed E-state index contributed by atoms with van der Waals surface area (Å²) < 4.78 is 47.7. The smallest absolute Gasteiger partial charge is 0.382 e. The summed E-state index contributed by atoms with van der Waals surface area (Å²) in [6, 6.07) is 3.81. The first kappa shape index (κ1) is 30.8. The monoisotopic (exact) mass is 581 g/mol. The maximum absolute atomic E-state index is 13.9. The number of amides is 2. The van der Waals surface area contributed by atoms with E-state index in [4.69, 9.17) is 15.7 Å². The van der Waals surface area contributed by atoms with E-state index in [1.165, 1.54) is 17.1 Å². The molecule has 10 nitrogen and oxygen atoms in total. The number of ketones is 1. The number of unbranched alkanes of at least 4 members (excludes halogenated alkanes) is 1. The Morgan fingerprint density at radius 3 is 2.54 bits per heavy atom. The highest BCUT2D eigenvalue weighted by atomic mass is 19.4. The van der Waals surface area contributed by atoms with Crippen molar-refractivity contribution >= 4 is 34.7 Å². The molecule has 2 saturated carbocycles. The maximum atomic E-state index is 13.9. The fourth-order valence-electron chi connectivity index (χ4n) is 6.15. The highest BCUT2D eigenvalue weighted by molar-refractivity contribution is 6.11. The lowest BCUT2D eigenvalue weighted by molar-refractivity contribution is -0.129. The molecule has 4 rings (SSSR count). The summed E-state index contributed by atoms with van der Waals surface area (Å²) in [6.45, 7) is 4.24. The summed E-state index contributed by atoms with van der Waals surface area (Å²) in [4.78, 5) is 36.1. The number of anilines is 2. The number of ether oxygens (including phenoxy) is 1. The average Bonchev–Trinajstić information content (AvgIpc) is 3.28. The molecular weight excluding hydrogens is 543 g/mol. The zero-order valence-corrected chi connectivity index (χ0v) is 23.3. The minimum atomic E-state index is -4.74. The van der Waals surface area contributed by atoms with Crippen LogP contribution in [0, 0.1) is 11.3 Å². The molecule has 2 aliphatic carbocycles. The molecule has 1 aromatic carbocycles. The number of hydroxylamine groups is 1. The standard InChI is InChI=1S/C28H38F3N5O5/c1-27(2)14-21-24(22(37)15-27)25(28(29,30)31)34-36(21)17-8-11-19(26(32)39)20(13-17)33-16-6-9-18(10-7-16)41-12-4-3-5-23(38)35-40/h8,11,13,16,18,21,24,33,40H,3-7,9-10,12,14-15H2,1-2H3,(H2,32,39)(H,35,38). The van der Waals surface area contributed by atoms with Gasteiger partial charge in [-0.1, -0.05) is 13.8 Å². The Labute approximate surface area is 236 Å². The van der Waals surface area contributed by atoms with Gasteiger partial charge >= 0.3 is 6.18 Å². The number of hydrogen-bond acceptors (Lipinski definition) is 8. The second-order valence-electron chi connectivity index (χ2n) is 12.0. The largest absolute Gasteiger partial charge is 0.432 e. The molecule has 1 heterocycles. The molecular formula is C28H38F3N5O5. The van der Waals surface area contributed by atoms with Crippen molar-refractivity contribution < 1.29 is 37.5 Å². The van der Waals surface area contributed by atoms with Gasteiger partial charge in [-0.2, -0.15) is 18.3 Å². The van der Waals surface area contributed by atoms with Gasteiger partial charge < -0.3 is 15.8 Å². The van der Waals surface area contributed by atoms with Gasteiger partial charge in [0, 0.05) is 31.2 Å². The van der Waals surface area contributed by atoms with Crippen LogP contribution in [0.4, 0.5) is 24.5 Å². The predicted octanol–water partition coefficient (Wildman–Crippen LogP) is 4.31. The molecule has 226 valence electrons. The normalized spacial score (nSPS) is 25.9. The molecule has 0 bridgehead atoms. The number of nitrogens with one attached hydrogen (secondary N) is 2. The molecule has 41 heavy (non-hydrogen) atoms. The second-order valence-corrected chi connectivity index (χ2v) is 12.0. The first-order valence-electron chi connectivity index (χ1n) is 14.0. The number of alkyl halides is 3. The van der Waals surface area contributed by atoms with Crippen LogP contribution in [0.1, 0.15) is 82.0 Å². The average molecular weight is 582 g/mol. The Hall–Kier alpha value is -3.19. The molecule has 2 atom stereocenters. The van der Waals surface area contributed by atoms with Crippen molar-refractivity contribution in [2.75, 3.05) is 16.9 Å². The van der Waals surface area contributed by atoms with Crippen LogP contribution in [0.3, 0.4) is 0 Å². The van der Waals surface area contributed by atoms with Gasteiger partial charge in [0.05, 0.1) is 29.3 Å². The molecule has 0 saturated heterocycles. The van der Waals surface area contributed by atoms with Crippen molar-refractivity contribution in [3.8, 4) is 0 Å². The van der Waals surface area contributed by atoms with E-state index in [-0.39, 0.29) is 30.6 Å². The van der Waals surface area contributed by atoms with Crippen LogP contribution in [0.2, 0.25) is 0 Å². The Morgan fingerprint density at radius 2 is 1.90 bits per heavy atom. The van der Waals surface area contributed by atoms with Crippen molar-refractivity contribution in [1.29, 1.82) is 0 Å². The number of primary amides is 1. The van der Waals surface area contributed by atoms with Crippen LogP contribution in [0.15, 0.2) is 23.3 Å². The molecule has 0 radical (unpaired) electrons. The molecule has 2 fully saturated rings. The SMILES string of the molecule is CC1(C)CC(=O)C2C(C(F)(F)F)=NN(c3ccc(C(N)=O)c(NC4CCC(OCCCCC(=O)NO)CC4)c3)C2C1. The Bertz CT molecular complexity index is 1180. The lowest BCUT2D eigenvalue weighted by Gasteiger charge is -2.39. The third kappa shape index (κ3) is 7.37. The summed E-state index contributed by atoms with van der Waals surface area (Å²) in [5.41, 5.74) is 6.65. The summed E-state index contributed by atoms with van der Waals surface area (Å²) in [5.74, 6) is -2.91. The van der Waals surface area contributed by atoms with E-state index in [0.717, 1.165) is 25.7 Å². The van der Waals surface area contributed by atoms with Gasteiger partial charge in [0.25, 0.3) is 5.91 Å². The molecule has 2 amide bonds. The number of hydrogen-bond donors (Lipinski definition) is 4. The first-order valence-corrected chi connectivity index (χ1v) is 14.0. The predicted molar refractivity (Wildman–Crippen MR) is 146 cm³/mol. The maximum Gasteiger partial charge on any atom is 0.432 e. The van der Waals surface area contributed by atoms with Crippen LogP contribution in [-0.2, 0) is 14.3 Å². The fraction of sp³-hybridized carbons (Fsp3) is 0.643. The fourth-order valence-corrected chi connectivity index (χ4v) is 6.15. The number of carbonyl (C=O) groups excluding carboxylic acids is 3. The summed E-state index contributed by atoms with van der Waals surface area (Å²) in [7, 11) is 0. The van der Waals surface area contributed by atoms with Gasteiger partial charge in [-0.25, -0.2) is 5.48 Å². The summed E-state index contributed by atoms with van der Waals surface area (Å²) in [6.07, 6.45) is 0.286. The number of nitrogens with two attached hydrogens (primary N) is 1. The number of halogens is 3. The molecule has 2 unspecified atom stereocenters. The number of hydrazone groups is 1. The van der Waals surface area contributed by atoms with E-state index < -0.39 is 46.9 Å². The molecule has 13 heteroatoms. The number of benzene rings is 1. The van der Waals surface area contributed by atoms with E-state index in [1.54, 1.807) is 11.5 Å². The molecule has 1 aliphatic heterocycles. The highest BCUT2D eigenvalue weighted by Crippen LogP contribution is 2.46. The zero-order chi connectivity index (χ0) is 29.9. The van der Waals surface area contributed by atoms with Gasteiger partial charge in [0.2, 0.25) is 5.91 Å². The lowest BCUT2D eigenvalue weighted by atomic mass is 9.68. The van der Waals surface area contributed by atoms with Crippen LogP contribution in [0.5, 0.6) is 0 Å².